The predicted octanol–water partition coefficient (Wildman–Crippen LogP) is 5.30. The van der Waals surface area contributed by atoms with Crippen LogP contribution in [0.15, 0.2) is 52.3 Å². The van der Waals surface area contributed by atoms with Crippen LogP contribution in [0.5, 0.6) is 11.5 Å². The predicted molar refractivity (Wildman–Crippen MR) is 124 cm³/mol. The molecule has 1 heterocycles. The molecule has 0 aliphatic rings. The van der Waals surface area contributed by atoms with Gasteiger partial charge in [-0.25, -0.2) is 13.4 Å². The molecule has 3 aromatic rings. The fourth-order valence-electron chi connectivity index (χ4n) is 3.33. The van der Waals surface area contributed by atoms with Gasteiger partial charge in [0.15, 0.2) is 12.1 Å². The first-order chi connectivity index (χ1) is 15.6. The second-order valence-electron chi connectivity index (χ2n) is 8.09. The molecule has 0 amide bonds. The van der Waals surface area contributed by atoms with E-state index in [1.54, 1.807) is 18.2 Å². The smallest absolute Gasteiger partial charge is 0.244 e. The van der Waals surface area contributed by atoms with Crippen molar-refractivity contribution >= 4 is 21.4 Å². The molecule has 9 heteroatoms. The van der Waals surface area contributed by atoms with Crippen LogP contribution >= 0.6 is 11.6 Å². The normalized spacial score (nSPS) is 11.8. The minimum atomic E-state index is -3.52. The van der Waals surface area contributed by atoms with Crippen LogP contribution in [0.3, 0.4) is 0 Å². The molecule has 174 valence electrons. The van der Waals surface area contributed by atoms with Gasteiger partial charge in [-0.15, -0.1) is 0 Å². The maximum absolute atomic E-state index is 11.7. The summed E-state index contributed by atoms with van der Waals surface area (Å²) in [5.41, 5.74) is 2.02. The van der Waals surface area contributed by atoms with E-state index in [1.165, 1.54) is 0 Å². The second kappa shape index (κ2) is 9.86. The van der Waals surface area contributed by atoms with E-state index in [-0.39, 0.29) is 17.4 Å². The summed E-state index contributed by atoms with van der Waals surface area (Å²) in [5, 5.41) is 9.80. The number of nitriles is 1. The minimum Gasteiger partial charge on any atom is -0.491 e. The summed E-state index contributed by atoms with van der Waals surface area (Å²) in [5.74, 6) is 0.960. The van der Waals surface area contributed by atoms with Crippen molar-refractivity contribution in [2.24, 2.45) is 0 Å². The Kier molecular flexibility index (Phi) is 7.35. The largest absolute Gasteiger partial charge is 0.491 e. The summed E-state index contributed by atoms with van der Waals surface area (Å²) >= 11 is 6.45. The third-order valence-corrected chi connectivity index (χ3v) is 6.51. The maximum Gasteiger partial charge on any atom is 0.244 e. The minimum absolute atomic E-state index is 0.0397. The zero-order valence-corrected chi connectivity index (χ0v) is 20.5. The van der Waals surface area contributed by atoms with Gasteiger partial charge in [-0.05, 0) is 41.8 Å². The van der Waals surface area contributed by atoms with E-state index >= 15 is 0 Å². The van der Waals surface area contributed by atoms with Gasteiger partial charge in [-0.1, -0.05) is 44.5 Å². The standard InChI is InChI=1S/C24H25ClN2O5S/c1-5-10-30-22-16(13-26)11-18(12-20(22)25)24(2,3)17-6-8-19(9-7-17)31-14-21-23(32-15-27-21)33(4,28)29/h6-9,11-12,15H,5,10,14H2,1-4H3. The van der Waals surface area contributed by atoms with Crippen molar-refractivity contribution in [1.29, 1.82) is 5.26 Å². The zero-order chi connectivity index (χ0) is 24.2. The molecule has 0 radical (unpaired) electrons. The van der Waals surface area contributed by atoms with Gasteiger partial charge in [0.05, 0.1) is 17.2 Å². The van der Waals surface area contributed by atoms with Crippen molar-refractivity contribution in [2.75, 3.05) is 12.9 Å². The number of hydrogen-bond acceptors (Lipinski definition) is 7. The Morgan fingerprint density at radius 3 is 2.45 bits per heavy atom. The molecule has 0 bridgehead atoms. The topological polar surface area (TPSA) is 102 Å². The van der Waals surface area contributed by atoms with Crippen LogP contribution in [0.1, 0.15) is 49.6 Å². The molecule has 0 aliphatic heterocycles. The molecular weight excluding hydrogens is 464 g/mol. The summed E-state index contributed by atoms with van der Waals surface area (Å²) in [4.78, 5) is 3.92. The molecule has 1 aromatic heterocycles. The van der Waals surface area contributed by atoms with Crippen molar-refractivity contribution in [3.63, 3.8) is 0 Å². The summed E-state index contributed by atoms with van der Waals surface area (Å²) < 4.78 is 39.8. The van der Waals surface area contributed by atoms with Crippen LogP contribution in [-0.4, -0.2) is 26.3 Å². The first-order valence-corrected chi connectivity index (χ1v) is 12.6. The van der Waals surface area contributed by atoms with E-state index in [1.807, 2.05) is 39.0 Å². The number of rotatable bonds is 9. The fraction of sp³-hybridized carbons (Fsp3) is 0.333. The maximum atomic E-state index is 11.7. The number of sulfone groups is 1. The van der Waals surface area contributed by atoms with Gasteiger partial charge in [-0.3, -0.25) is 0 Å². The van der Waals surface area contributed by atoms with E-state index in [9.17, 15) is 13.7 Å². The molecule has 33 heavy (non-hydrogen) atoms. The van der Waals surface area contributed by atoms with Gasteiger partial charge in [0, 0.05) is 11.7 Å². The number of aromatic nitrogens is 1. The fourth-order valence-corrected chi connectivity index (χ4v) is 4.36. The van der Waals surface area contributed by atoms with Crippen molar-refractivity contribution in [2.45, 2.75) is 44.3 Å². The van der Waals surface area contributed by atoms with Gasteiger partial charge in [-0.2, -0.15) is 5.26 Å². The third kappa shape index (κ3) is 5.49. The molecule has 0 N–H and O–H groups in total. The van der Waals surface area contributed by atoms with E-state index in [2.05, 4.69) is 11.1 Å². The average molecular weight is 489 g/mol. The van der Waals surface area contributed by atoms with E-state index in [4.69, 9.17) is 25.5 Å². The quantitative estimate of drug-likeness (QED) is 0.402. The van der Waals surface area contributed by atoms with Gasteiger partial charge >= 0.3 is 0 Å². The van der Waals surface area contributed by atoms with Crippen molar-refractivity contribution in [3.8, 4) is 17.6 Å². The van der Waals surface area contributed by atoms with Crippen LogP contribution in [-0.2, 0) is 21.9 Å². The third-order valence-electron chi connectivity index (χ3n) is 5.23. The molecule has 0 saturated carbocycles. The molecular formula is C24H25ClN2O5S. The van der Waals surface area contributed by atoms with E-state index in [0.29, 0.717) is 28.7 Å². The van der Waals surface area contributed by atoms with Crippen LogP contribution in [0, 0.1) is 11.3 Å². The molecule has 0 fully saturated rings. The summed E-state index contributed by atoms with van der Waals surface area (Å²) in [6.07, 6.45) is 2.95. The molecule has 0 saturated heterocycles. The first kappa shape index (κ1) is 24.6. The Hall–Kier alpha value is -3.02. The number of ether oxygens (including phenoxy) is 2. The highest BCUT2D eigenvalue weighted by Gasteiger charge is 2.26. The molecule has 0 atom stereocenters. The lowest BCUT2D eigenvalue weighted by molar-refractivity contribution is 0.293. The molecule has 0 unspecified atom stereocenters. The molecule has 2 aromatic carbocycles. The number of hydrogen-bond donors (Lipinski definition) is 0. The highest BCUT2D eigenvalue weighted by atomic mass is 35.5. The Morgan fingerprint density at radius 2 is 1.85 bits per heavy atom. The molecule has 0 aliphatic carbocycles. The molecule has 0 spiro atoms. The highest BCUT2D eigenvalue weighted by molar-refractivity contribution is 7.90. The number of oxazole rings is 1. The van der Waals surface area contributed by atoms with Crippen LogP contribution in [0.25, 0.3) is 0 Å². The summed E-state index contributed by atoms with van der Waals surface area (Å²) in [6, 6.07) is 13.2. The summed E-state index contributed by atoms with van der Waals surface area (Å²) in [7, 11) is -3.52. The first-order valence-electron chi connectivity index (χ1n) is 10.3. The number of benzene rings is 2. The average Bonchev–Trinajstić information content (AvgIpc) is 3.26. The van der Waals surface area contributed by atoms with Gasteiger partial charge in [0.1, 0.15) is 24.1 Å². The van der Waals surface area contributed by atoms with Crippen molar-refractivity contribution < 1.29 is 22.3 Å². The van der Waals surface area contributed by atoms with E-state index in [0.717, 1.165) is 30.2 Å². The van der Waals surface area contributed by atoms with Crippen molar-refractivity contribution in [3.05, 3.63) is 70.2 Å². The lowest BCUT2D eigenvalue weighted by Gasteiger charge is -2.27. The number of halogens is 1. The highest BCUT2D eigenvalue weighted by Crippen LogP contribution is 2.38. The number of nitrogens with zero attached hydrogens (tertiary/aromatic N) is 2. The van der Waals surface area contributed by atoms with Gasteiger partial charge < -0.3 is 13.9 Å². The van der Waals surface area contributed by atoms with Crippen LogP contribution < -0.4 is 9.47 Å². The van der Waals surface area contributed by atoms with Crippen LogP contribution in [0.2, 0.25) is 5.02 Å². The Balaban J connectivity index is 1.81. The lowest BCUT2D eigenvalue weighted by atomic mass is 9.77. The Bertz CT molecular complexity index is 1280. The monoisotopic (exact) mass is 488 g/mol. The van der Waals surface area contributed by atoms with Gasteiger partial charge in [0.2, 0.25) is 14.9 Å². The molecule has 3 rings (SSSR count). The van der Waals surface area contributed by atoms with E-state index < -0.39 is 15.3 Å². The molecule has 7 nitrogen and oxygen atoms in total. The SMILES string of the molecule is CCCOc1c(Cl)cc(C(C)(C)c2ccc(OCc3ncoc3S(C)(=O)=O)cc2)cc1C#N. The van der Waals surface area contributed by atoms with Gasteiger partial charge in [0.25, 0.3) is 0 Å². The Labute approximate surface area is 198 Å². The summed E-state index contributed by atoms with van der Waals surface area (Å²) in [6.45, 7) is 6.51. The lowest BCUT2D eigenvalue weighted by Crippen LogP contribution is -2.19. The Morgan fingerprint density at radius 1 is 1.15 bits per heavy atom. The zero-order valence-electron chi connectivity index (χ0n) is 18.9. The van der Waals surface area contributed by atoms with Crippen molar-refractivity contribution in [1.82, 2.24) is 4.98 Å². The second-order valence-corrected chi connectivity index (χ2v) is 10.4. The van der Waals surface area contributed by atoms with Crippen LogP contribution in [0.4, 0.5) is 0 Å².